The Balaban J connectivity index is 2.19. The van der Waals surface area contributed by atoms with Crippen LogP contribution in [0.5, 0.6) is 0 Å². The van der Waals surface area contributed by atoms with Crippen LogP contribution >= 0.6 is 15.9 Å². The summed E-state index contributed by atoms with van der Waals surface area (Å²) in [6, 6.07) is 8.78. The van der Waals surface area contributed by atoms with Gasteiger partial charge in [0.2, 0.25) is 0 Å². The van der Waals surface area contributed by atoms with Gasteiger partial charge in [-0.05, 0) is 37.6 Å². The van der Waals surface area contributed by atoms with Crippen LogP contribution in [0.25, 0.3) is 0 Å². The lowest BCUT2D eigenvalue weighted by atomic mass is 10.1. The fourth-order valence-electron chi connectivity index (χ4n) is 2.34. The van der Waals surface area contributed by atoms with Crippen molar-refractivity contribution in [2.75, 3.05) is 31.1 Å². The van der Waals surface area contributed by atoms with Crippen LogP contribution in [-0.4, -0.2) is 37.4 Å². The first-order valence-electron chi connectivity index (χ1n) is 6.15. The van der Waals surface area contributed by atoms with E-state index in [1.54, 1.807) is 0 Å². The van der Waals surface area contributed by atoms with E-state index >= 15 is 0 Å². The zero-order valence-electron chi connectivity index (χ0n) is 9.90. The van der Waals surface area contributed by atoms with E-state index in [0.29, 0.717) is 6.04 Å². The molecule has 17 heavy (non-hydrogen) atoms. The lowest BCUT2D eigenvalue weighted by Gasteiger charge is -2.31. The van der Waals surface area contributed by atoms with Crippen molar-refractivity contribution in [3.8, 4) is 0 Å². The highest BCUT2D eigenvalue weighted by atomic mass is 79.9. The van der Waals surface area contributed by atoms with Gasteiger partial charge in [-0.1, -0.05) is 22.0 Å². The lowest BCUT2D eigenvalue weighted by molar-refractivity contribution is 0.273. The van der Waals surface area contributed by atoms with Crippen molar-refractivity contribution in [3.63, 3.8) is 0 Å². The zero-order chi connectivity index (χ0) is 12.1. The number of anilines is 1. The van der Waals surface area contributed by atoms with Crippen molar-refractivity contribution in [2.45, 2.75) is 18.9 Å². The van der Waals surface area contributed by atoms with Gasteiger partial charge in [-0.3, -0.25) is 0 Å². The van der Waals surface area contributed by atoms with Crippen LogP contribution in [-0.2, 0) is 0 Å². The zero-order valence-corrected chi connectivity index (χ0v) is 11.5. The minimum Gasteiger partial charge on any atom is -0.396 e. The second-order valence-corrected chi connectivity index (χ2v) is 5.31. The number of benzene rings is 1. The summed E-state index contributed by atoms with van der Waals surface area (Å²) in [5.41, 5.74) is 1.24. The van der Waals surface area contributed by atoms with Crippen LogP contribution < -0.4 is 10.2 Å². The Morgan fingerprint density at radius 2 is 2.35 bits per heavy atom. The second kappa shape index (κ2) is 6.38. The molecule has 1 fully saturated rings. The third kappa shape index (κ3) is 3.44. The highest BCUT2D eigenvalue weighted by molar-refractivity contribution is 9.10. The van der Waals surface area contributed by atoms with Gasteiger partial charge < -0.3 is 15.3 Å². The van der Waals surface area contributed by atoms with Gasteiger partial charge >= 0.3 is 0 Å². The first-order valence-corrected chi connectivity index (χ1v) is 6.94. The minimum absolute atomic E-state index is 0.247. The van der Waals surface area contributed by atoms with Crippen LogP contribution in [0, 0.1) is 0 Å². The van der Waals surface area contributed by atoms with Crippen molar-refractivity contribution >= 4 is 21.6 Å². The van der Waals surface area contributed by atoms with Gasteiger partial charge in [0.05, 0.1) is 0 Å². The Labute approximate surface area is 111 Å². The number of nitrogens with zero attached hydrogens (tertiary/aromatic N) is 1. The van der Waals surface area contributed by atoms with Crippen LogP contribution in [0.15, 0.2) is 28.7 Å². The monoisotopic (exact) mass is 298 g/mol. The van der Waals surface area contributed by atoms with Gasteiger partial charge in [-0.2, -0.15) is 0 Å². The molecule has 0 aliphatic carbocycles. The summed E-state index contributed by atoms with van der Waals surface area (Å²) in [6.07, 6.45) is 1.97. The molecule has 0 aromatic heterocycles. The van der Waals surface area contributed by atoms with Crippen LogP contribution in [0.3, 0.4) is 0 Å². The Hall–Kier alpha value is -0.580. The van der Waals surface area contributed by atoms with E-state index in [-0.39, 0.29) is 6.61 Å². The first kappa shape index (κ1) is 12.9. The standard InChI is InChI=1S/C13H19BrN2O/c14-11-3-1-4-12(9-11)16-7-2-6-15-10-13(16)5-8-17/h1,3-4,9,13,15,17H,2,5-8,10H2. The molecule has 0 radical (unpaired) electrons. The predicted octanol–water partition coefficient (Wildman–Crippen LogP) is 2.00. The summed E-state index contributed by atoms with van der Waals surface area (Å²) in [4.78, 5) is 2.40. The maximum absolute atomic E-state index is 9.17. The molecular weight excluding hydrogens is 280 g/mol. The molecule has 1 aromatic rings. The molecule has 94 valence electrons. The van der Waals surface area contributed by atoms with Crippen molar-refractivity contribution in [2.24, 2.45) is 0 Å². The van der Waals surface area contributed by atoms with E-state index in [1.165, 1.54) is 5.69 Å². The molecule has 2 N–H and O–H groups in total. The number of aliphatic hydroxyl groups is 1. The van der Waals surface area contributed by atoms with Crippen molar-refractivity contribution in [1.82, 2.24) is 5.32 Å². The second-order valence-electron chi connectivity index (χ2n) is 4.40. The van der Waals surface area contributed by atoms with Crippen molar-refractivity contribution in [3.05, 3.63) is 28.7 Å². The molecule has 1 aliphatic rings. The number of halogens is 1. The Kier molecular flexibility index (Phi) is 4.83. The van der Waals surface area contributed by atoms with Gasteiger partial charge in [0.1, 0.15) is 0 Å². The van der Waals surface area contributed by atoms with Gasteiger partial charge in [0.25, 0.3) is 0 Å². The molecule has 1 heterocycles. The SMILES string of the molecule is OCCC1CNCCCN1c1cccc(Br)c1. The molecule has 3 nitrogen and oxygen atoms in total. The smallest absolute Gasteiger partial charge is 0.0451 e. The summed E-state index contributed by atoms with van der Waals surface area (Å²) >= 11 is 3.52. The summed E-state index contributed by atoms with van der Waals surface area (Å²) in [6.45, 7) is 3.31. The lowest BCUT2D eigenvalue weighted by Crippen LogP contribution is -2.40. The number of rotatable bonds is 3. The molecule has 1 saturated heterocycles. The molecule has 1 atom stereocenters. The van der Waals surface area contributed by atoms with E-state index in [2.05, 4.69) is 44.3 Å². The topological polar surface area (TPSA) is 35.5 Å². The number of aliphatic hydroxyl groups excluding tert-OH is 1. The van der Waals surface area contributed by atoms with E-state index in [9.17, 15) is 0 Å². The molecule has 1 unspecified atom stereocenters. The fraction of sp³-hybridized carbons (Fsp3) is 0.538. The highest BCUT2D eigenvalue weighted by Crippen LogP contribution is 2.23. The fourth-order valence-corrected chi connectivity index (χ4v) is 2.72. The average Bonchev–Trinajstić information content (AvgIpc) is 2.55. The Bertz CT molecular complexity index is 359. The number of hydrogen-bond acceptors (Lipinski definition) is 3. The molecule has 2 rings (SSSR count). The summed E-state index contributed by atoms with van der Waals surface area (Å²) < 4.78 is 1.11. The van der Waals surface area contributed by atoms with E-state index in [4.69, 9.17) is 5.11 Å². The average molecular weight is 299 g/mol. The molecule has 0 spiro atoms. The quantitative estimate of drug-likeness (QED) is 0.896. The Morgan fingerprint density at radius 3 is 3.12 bits per heavy atom. The Morgan fingerprint density at radius 1 is 1.47 bits per heavy atom. The molecule has 1 aromatic carbocycles. The maximum Gasteiger partial charge on any atom is 0.0451 e. The van der Waals surface area contributed by atoms with Crippen molar-refractivity contribution in [1.29, 1.82) is 0 Å². The number of hydrogen-bond donors (Lipinski definition) is 2. The summed E-state index contributed by atoms with van der Waals surface area (Å²) in [5, 5.41) is 12.6. The van der Waals surface area contributed by atoms with Crippen LogP contribution in [0.1, 0.15) is 12.8 Å². The molecule has 0 bridgehead atoms. The minimum atomic E-state index is 0.247. The third-order valence-electron chi connectivity index (χ3n) is 3.18. The largest absolute Gasteiger partial charge is 0.396 e. The van der Waals surface area contributed by atoms with E-state index < -0.39 is 0 Å². The summed E-state index contributed by atoms with van der Waals surface area (Å²) in [5.74, 6) is 0. The van der Waals surface area contributed by atoms with Gasteiger partial charge in [-0.25, -0.2) is 0 Å². The predicted molar refractivity (Wildman–Crippen MR) is 74.5 cm³/mol. The normalized spacial score (nSPS) is 21.3. The molecule has 4 heteroatoms. The molecule has 0 saturated carbocycles. The first-order chi connectivity index (χ1) is 8.31. The third-order valence-corrected chi connectivity index (χ3v) is 3.67. The van der Waals surface area contributed by atoms with Gasteiger partial charge in [0.15, 0.2) is 0 Å². The molecule has 1 aliphatic heterocycles. The van der Waals surface area contributed by atoms with Crippen LogP contribution in [0.4, 0.5) is 5.69 Å². The van der Waals surface area contributed by atoms with E-state index in [0.717, 1.165) is 36.9 Å². The molecule has 0 amide bonds. The number of nitrogens with one attached hydrogen (secondary N) is 1. The van der Waals surface area contributed by atoms with Gasteiger partial charge in [-0.15, -0.1) is 0 Å². The van der Waals surface area contributed by atoms with E-state index in [1.807, 2.05) is 6.07 Å². The van der Waals surface area contributed by atoms with Gasteiger partial charge in [0, 0.05) is 35.9 Å². The molecular formula is C13H19BrN2O. The summed E-state index contributed by atoms with van der Waals surface area (Å²) in [7, 11) is 0. The van der Waals surface area contributed by atoms with Crippen molar-refractivity contribution < 1.29 is 5.11 Å². The highest BCUT2D eigenvalue weighted by Gasteiger charge is 2.20. The maximum atomic E-state index is 9.17. The van der Waals surface area contributed by atoms with Crippen LogP contribution in [0.2, 0.25) is 0 Å².